The minimum absolute atomic E-state index is 0.00473. The molecule has 0 aliphatic carbocycles. The van der Waals surface area contributed by atoms with Gasteiger partial charge in [0.15, 0.2) is 0 Å². The Kier molecular flexibility index (Phi) is 5.73. The highest BCUT2D eigenvalue weighted by Gasteiger charge is 2.33. The molecule has 118 valence electrons. The third-order valence-electron chi connectivity index (χ3n) is 3.24. The monoisotopic (exact) mass is 338 g/mol. The van der Waals surface area contributed by atoms with Crippen LogP contribution < -0.4 is 4.74 Å². The van der Waals surface area contributed by atoms with Crippen LogP contribution in [0, 0.1) is 0 Å². The molecular weight excluding hydrogens is 321 g/mol. The number of halogens is 3. The average Bonchev–Trinajstić information content (AvgIpc) is 2.45. The lowest BCUT2D eigenvalue weighted by Gasteiger charge is -2.33. The van der Waals surface area contributed by atoms with Gasteiger partial charge in [-0.3, -0.25) is 0 Å². The zero-order chi connectivity index (χ0) is 15.5. The molecular formula is C14H17F3O2S2. The molecule has 7 heteroatoms. The van der Waals surface area contributed by atoms with Gasteiger partial charge >= 0.3 is 6.36 Å². The van der Waals surface area contributed by atoms with E-state index < -0.39 is 12.5 Å². The van der Waals surface area contributed by atoms with Crippen molar-refractivity contribution in [2.24, 2.45) is 0 Å². The topological polar surface area (TPSA) is 29.5 Å². The number of thioether (sulfide) groups is 2. The molecule has 0 amide bonds. The van der Waals surface area contributed by atoms with Gasteiger partial charge in [-0.25, -0.2) is 0 Å². The molecule has 2 rings (SSSR count). The number of aliphatic hydroxyl groups is 1. The summed E-state index contributed by atoms with van der Waals surface area (Å²) in [6, 6.07) is 5.62. The Bertz CT molecular complexity index is 468. The van der Waals surface area contributed by atoms with Crippen LogP contribution in [0.5, 0.6) is 5.75 Å². The summed E-state index contributed by atoms with van der Waals surface area (Å²) in [5, 5.41) is 10.8. The highest BCUT2D eigenvalue weighted by molar-refractivity contribution is 8.07. The molecule has 1 heterocycles. The van der Waals surface area contributed by atoms with Crippen molar-refractivity contribution >= 4 is 23.5 Å². The Hall–Kier alpha value is -0.530. The fraction of sp³-hybridized carbons (Fsp3) is 0.571. The normalized spacial score (nSPS) is 24.6. The van der Waals surface area contributed by atoms with Crippen LogP contribution in [0.1, 0.15) is 25.0 Å². The number of hydrogen-bond acceptors (Lipinski definition) is 4. The molecule has 1 aromatic rings. The number of aliphatic hydroxyl groups excluding tert-OH is 1. The van der Waals surface area contributed by atoms with Crippen molar-refractivity contribution in [3.8, 4) is 5.75 Å². The Balaban J connectivity index is 2.14. The summed E-state index contributed by atoms with van der Waals surface area (Å²) < 4.78 is 40.7. The SMILES string of the molecule is CCC1SCCSC1C(O)c1cccc(OC(F)(F)F)c1. The van der Waals surface area contributed by atoms with Crippen LogP contribution in [0.4, 0.5) is 13.2 Å². The van der Waals surface area contributed by atoms with Crippen LogP contribution in [0.2, 0.25) is 0 Å². The van der Waals surface area contributed by atoms with Crippen molar-refractivity contribution in [1.82, 2.24) is 0 Å². The van der Waals surface area contributed by atoms with Gasteiger partial charge in [0.2, 0.25) is 0 Å². The van der Waals surface area contributed by atoms with Gasteiger partial charge in [-0.15, -0.1) is 13.2 Å². The molecule has 0 bridgehead atoms. The molecule has 1 saturated heterocycles. The van der Waals surface area contributed by atoms with Crippen molar-refractivity contribution in [2.45, 2.75) is 36.3 Å². The van der Waals surface area contributed by atoms with Crippen LogP contribution >= 0.6 is 23.5 Å². The minimum Gasteiger partial charge on any atom is -0.406 e. The highest BCUT2D eigenvalue weighted by atomic mass is 32.2. The van der Waals surface area contributed by atoms with E-state index in [1.165, 1.54) is 18.2 Å². The van der Waals surface area contributed by atoms with Gasteiger partial charge < -0.3 is 9.84 Å². The molecule has 1 aromatic carbocycles. The summed E-state index contributed by atoms with van der Waals surface area (Å²) in [7, 11) is 0. The quantitative estimate of drug-likeness (QED) is 0.889. The molecule has 1 aliphatic heterocycles. The van der Waals surface area contributed by atoms with Gasteiger partial charge in [0, 0.05) is 22.0 Å². The summed E-state index contributed by atoms with van der Waals surface area (Å²) in [6.07, 6.45) is -4.58. The van der Waals surface area contributed by atoms with Crippen LogP contribution in [-0.2, 0) is 0 Å². The molecule has 1 fully saturated rings. The second-order valence-electron chi connectivity index (χ2n) is 4.72. The Morgan fingerprint density at radius 2 is 2.05 bits per heavy atom. The first-order chi connectivity index (χ1) is 9.90. The molecule has 2 nitrogen and oxygen atoms in total. The van der Waals surface area contributed by atoms with E-state index in [0.29, 0.717) is 10.8 Å². The fourth-order valence-electron chi connectivity index (χ4n) is 2.32. The van der Waals surface area contributed by atoms with Crippen LogP contribution in [0.3, 0.4) is 0 Å². The van der Waals surface area contributed by atoms with Crippen LogP contribution in [-0.4, -0.2) is 33.5 Å². The lowest BCUT2D eigenvalue weighted by Crippen LogP contribution is -2.31. The molecule has 0 spiro atoms. The number of alkyl halides is 3. The summed E-state index contributed by atoms with van der Waals surface area (Å²) >= 11 is 3.50. The van der Waals surface area contributed by atoms with E-state index in [2.05, 4.69) is 11.7 Å². The van der Waals surface area contributed by atoms with Crippen molar-refractivity contribution in [3.05, 3.63) is 29.8 Å². The molecule has 0 radical (unpaired) electrons. The van der Waals surface area contributed by atoms with E-state index >= 15 is 0 Å². The second kappa shape index (κ2) is 7.15. The van der Waals surface area contributed by atoms with E-state index in [-0.39, 0.29) is 11.0 Å². The van der Waals surface area contributed by atoms with Gasteiger partial charge in [0.1, 0.15) is 5.75 Å². The predicted molar refractivity (Wildman–Crippen MR) is 80.9 cm³/mol. The lowest BCUT2D eigenvalue weighted by atomic mass is 10.0. The lowest BCUT2D eigenvalue weighted by molar-refractivity contribution is -0.274. The summed E-state index contributed by atoms with van der Waals surface area (Å²) in [5.41, 5.74) is 0.468. The average molecular weight is 338 g/mol. The maximum atomic E-state index is 12.3. The van der Waals surface area contributed by atoms with E-state index in [0.717, 1.165) is 17.9 Å². The first-order valence-corrected chi connectivity index (χ1v) is 8.77. The van der Waals surface area contributed by atoms with Gasteiger partial charge in [-0.2, -0.15) is 23.5 Å². The van der Waals surface area contributed by atoms with Crippen molar-refractivity contribution < 1.29 is 23.0 Å². The number of hydrogen-bond donors (Lipinski definition) is 1. The fourth-order valence-corrected chi connectivity index (χ4v) is 5.45. The molecule has 21 heavy (non-hydrogen) atoms. The zero-order valence-electron chi connectivity index (χ0n) is 11.5. The highest BCUT2D eigenvalue weighted by Crippen LogP contribution is 2.40. The smallest absolute Gasteiger partial charge is 0.406 e. The van der Waals surface area contributed by atoms with Gasteiger partial charge in [-0.1, -0.05) is 19.1 Å². The Labute approximate surface area is 130 Å². The predicted octanol–water partition coefficient (Wildman–Crippen LogP) is 4.25. The van der Waals surface area contributed by atoms with Gasteiger partial charge in [0.05, 0.1) is 6.10 Å². The zero-order valence-corrected chi connectivity index (χ0v) is 13.1. The van der Waals surface area contributed by atoms with Crippen LogP contribution in [0.25, 0.3) is 0 Å². The molecule has 1 N–H and O–H groups in total. The first-order valence-electron chi connectivity index (χ1n) is 6.67. The van der Waals surface area contributed by atoms with E-state index in [9.17, 15) is 18.3 Å². The second-order valence-corrected chi connectivity index (χ2v) is 7.35. The minimum atomic E-state index is -4.72. The standard InChI is InChI=1S/C14H17F3O2S2/c1-2-11-13(21-7-6-20-11)12(18)9-4-3-5-10(8-9)19-14(15,16)17/h3-5,8,11-13,18H,2,6-7H2,1H3. The van der Waals surface area contributed by atoms with Gasteiger partial charge in [-0.05, 0) is 24.1 Å². The Morgan fingerprint density at radius 1 is 1.33 bits per heavy atom. The summed E-state index contributed by atoms with van der Waals surface area (Å²) in [5.74, 6) is 1.70. The summed E-state index contributed by atoms with van der Waals surface area (Å²) in [4.78, 5) is 0. The maximum absolute atomic E-state index is 12.3. The van der Waals surface area contributed by atoms with E-state index in [1.807, 2.05) is 11.8 Å². The third-order valence-corrected chi connectivity index (χ3v) is 6.58. The van der Waals surface area contributed by atoms with Crippen molar-refractivity contribution in [3.63, 3.8) is 0 Å². The van der Waals surface area contributed by atoms with Crippen molar-refractivity contribution in [2.75, 3.05) is 11.5 Å². The molecule has 0 saturated carbocycles. The number of rotatable bonds is 4. The first kappa shape index (κ1) is 16.8. The molecule has 1 aliphatic rings. The van der Waals surface area contributed by atoms with Gasteiger partial charge in [0.25, 0.3) is 0 Å². The Morgan fingerprint density at radius 3 is 2.71 bits per heavy atom. The number of benzene rings is 1. The molecule has 3 atom stereocenters. The molecule has 3 unspecified atom stereocenters. The van der Waals surface area contributed by atoms with E-state index in [4.69, 9.17) is 0 Å². The summed E-state index contributed by atoms with van der Waals surface area (Å²) in [6.45, 7) is 2.06. The molecule has 0 aromatic heterocycles. The van der Waals surface area contributed by atoms with E-state index in [1.54, 1.807) is 17.8 Å². The van der Waals surface area contributed by atoms with Crippen LogP contribution in [0.15, 0.2) is 24.3 Å². The maximum Gasteiger partial charge on any atom is 0.573 e. The largest absolute Gasteiger partial charge is 0.573 e. The van der Waals surface area contributed by atoms with Crippen molar-refractivity contribution in [1.29, 1.82) is 0 Å². The number of ether oxygens (including phenoxy) is 1. The third kappa shape index (κ3) is 4.72.